The van der Waals surface area contributed by atoms with Crippen molar-refractivity contribution in [2.75, 3.05) is 11.9 Å². The normalized spacial score (nSPS) is 16.5. The van der Waals surface area contributed by atoms with E-state index in [0.29, 0.717) is 6.04 Å². The van der Waals surface area contributed by atoms with E-state index in [1.807, 2.05) is 6.07 Å². The Labute approximate surface area is 128 Å². The average molecular weight is 338 g/mol. The standard InChI is InChI=1S/C16H20BrNO2/c1-18(13-5-3-2-4-6-13)14-9-7-12(15(17)11-14)8-10-16(19)20/h7-11,13H,2-6H2,1H3,(H,19,20)/b10-8+. The molecule has 0 aromatic heterocycles. The number of aliphatic carboxylic acids is 1. The van der Waals surface area contributed by atoms with E-state index in [4.69, 9.17) is 5.11 Å². The monoisotopic (exact) mass is 337 g/mol. The van der Waals surface area contributed by atoms with Gasteiger partial charge in [-0.1, -0.05) is 41.3 Å². The zero-order valence-corrected chi connectivity index (χ0v) is 13.3. The van der Waals surface area contributed by atoms with Gasteiger partial charge < -0.3 is 10.0 Å². The zero-order chi connectivity index (χ0) is 14.5. The van der Waals surface area contributed by atoms with Gasteiger partial charge in [0.15, 0.2) is 0 Å². The van der Waals surface area contributed by atoms with Crippen molar-refractivity contribution in [3.8, 4) is 0 Å². The van der Waals surface area contributed by atoms with E-state index in [-0.39, 0.29) is 0 Å². The van der Waals surface area contributed by atoms with E-state index in [2.05, 4.69) is 40.0 Å². The lowest BCUT2D eigenvalue weighted by Crippen LogP contribution is -2.33. The summed E-state index contributed by atoms with van der Waals surface area (Å²) in [5.41, 5.74) is 2.06. The Morgan fingerprint density at radius 3 is 2.65 bits per heavy atom. The number of rotatable bonds is 4. The Bertz CT molecular complexity index is 507. The van der Waals surface area contributed by atoms with E-state index in [9.17, 15) is 4.79 Å². The zero-order valence-electron chi connectivity index (χ0n) is 11.7. The second-order valence-corrected chi connectivity index (χ2v) is 6.13. The molecule has 1 N–H and O–H groups in total. The van der Waals surface area contributed by atoms with Crippen LogP contribution in [0.15, 0.2) is 28.7 Å². The molecule has 1 saturated carbocycles. The Hall–Kier alpha value is -1.29. The maximum Gasteiger partial charge on any atom is 0.328 e. The summed E-state index contributed by atoms with van der Waals surface area (Å²) in [5, 5.41) is 8.67. The molecule has 0 radical (unpaired) electrons. The molecule has 0 amide bonds. The Morgan fingerprint density at radius 1 is 1.35 bits per heavy atom. The highest BCUT2D eigenvalue weighted by atomic mass is 79.9. The van der Waals surface area contributed by atoms with E-state index < -0.39 is 5.97 Å². The summed E-state index contributed by atoms with van der Waals surface area (Å²) in [6.07, 6.45) is 9.27. The molecule has 2 rings (SSSR count). The number of carboxylic acids is 1. The Kier molecular flexibility index (Phi) is 5.24. The van der Waals surface area contributed by atoms with Crippen LogP contribution in [0, 0.1) is 0 Å². The van der Waals surface area contributed by atoms with Crippen LogP contribution in [0.3, 0.4) is 0 Å². The fourth-order valence-electron chi connectivity index (χ4n) is 2.71. The average Bonchev–Trinajstić information content (AvgIpc) is 2.46. The van der Waals surface area contributed by atoms with Gasteiger partial charge in [0, 0.05) is 29.3 Å². The predicted octanol–water partition coefficient (Wildman–Crippen LogP) is 4.32. The molecular weight excluding hydrogens is 318 g/mol. The summed E-state index contributed by atoms with van der Waals surface area (Å²) in [6, 6.07) is 6.70. The second-order valence-electron chi connectivity index (χ2n) is 5.28. The highest BCUT2D eigenvalue weighted by molar-refractivity contribution is 9.10. The first-order valence-corrected chi connectivity index (χ1v) is 7.80. The SMILES string of the molecule is CN(c1ccc(/C=C/C(=O)O)c(Br)c1)C1CCCCC1. The van der Waals surface area contributed by atoms with Gasteiger partial charge in [-0.05, 0) is 36.6 Å². The summed E-state index contributed by atoms with van der Waals surface area (Å²) in [6.45, 7) is 0. The van der Waals surface area contributed by atoms with Crippen molar-refractivity contribution in [1.82, 2.24) is 0 Å². The highest BCUT2D eigenvalue weighted by Crippen LogP contribution is 2.29. The first-order chi connectivity index (χ1) is 9.58. The van der Waals surface area contributed by atoms with Crippen LogP contribution in [0.2, 0.25) is 0 Å². The molecule has 0 bridgehead atoms. The summed E-state index contributed by atoms with van der Waals surface area (Å²) >= 11 is 3.52. The number of nitrogens with zero attached hydrogens (tertiary/aromatic N) is 1. The van der Waals surface area contributed by atoms with E-state index in [0.717, 1.165) is 16.1 Å². The van der Waals surface area contributed by atoms with Crippen LogP contribution in [0.5, 0.6) is 0 Å². The van der Waals surface area contributed by atoms with Crippen molar-refractivity contribution in [2.24, 2.45) is 0 Å². The van der Waals surface area contributed by atoms with Gasteiger partial charge in [-0.3, -0.25) is 0 Å². The molecule has 108 valence electrons. The van der Waals surface area contributed by atoms with Crippen molar-refractivity contribution in [3.63, 3.8) is 0 Å². The third-order valence-electron chi connectivity index (χ3n) is 3.92. The highest BCUT2D eigenvalue weighted by Gasteiger charge is 2.18. The van der Waals surface area contributed by atoms with E-state index in [1.165, 1.54) is 37.8 Å². The van der Waals surface area contributed by atoms with Crippen LogP contribution >= 0.6 is 15.9 Å². The predicted molar refractivity (Wildman–Crippen MR) is 86.1 cm³/mol. The van der Waals surface area contributed by atoms with Gasteiger partial charge in [-0.15, -0.1) is 0 Å². The van der Waals surface area contributed by atoms with Crippen molar-refractivity contribution in [1.29, 1.82) is 0 Å². The minimum absolute atomic E-state index is 0.621. The smallest absolute Gasteiger partial charge is 0.328 e. The number of anilines is 1. The molecule has 0 spiro atoms. The van der Waals surface area contributed by atoms with Gasteiger partial charge in [0.25, 0.3) is 0 Å². The third kappa shape index (κ3) is 3.85. The molecule has 1 fully saturated rings. The topological polar surface area (TPSA) is 40.5 Å². The van der Waals surface area contributed by atoms with Crippen LogP contribution < -0.4 is 4.90 Å². The van der Waals surface area contributed by atoms with E-state index >= 15 is 0 Å². The lowest BCUT2D eigenvalue weighted by atomic mass is 9.94. The Morgan fingerprint density at radius 2 is 2.05 bits per heavy atom. The molecular formula is C16H20BrNO2. The van der Waals surface area contributed by atoms with Crippen LogP contribution in [0.4, 0.5) is 5.69 Å². The molecule has 1 aromatic rings. The fourth-order valence-corrected chi connectivity index (χ4v) is 3.21. The first-order valence-electron chi connectivity index (χ1n) is 7.01. The molecule has 0 aliphatic heterocycles. The summed E-state index contributed by atoms with van der Waals surface area (Å²) in [7, 11) is 2.14. The summed E-state index contributed by atoms with van der Waals surface area (Å²) in [5.74, 6) is -0.930. The molecule has 3 nitrogen and oxygen atoms in total. The van der Waals surface area contributed by atoms with Crippen molar-refractivity contribution < 1.29 is 9.90 Å². The van der Waals surface area contributed by atoms with Gasteiger partial charge in [-0.2, -0.15) is 0 Å². The molecule has 1 aliphatic carbocycles. The van der Waals surface area contributed by atoms with Crippen LogP contribution in [-0.4, -0.2) is 24.2 Å². The molecule has 0 saturated heterocycles. The summed E-state index contributed by atoms with van der Waals surface area (Å²) < 4.78 is 0.926. The second kappa shape index (κ2) is 6.93. The van der Waals surface area contributed by atoms with Gasteiger partial charge in [0.05, 0.1) is 0 Å². The maximum atomic E-state index is 10.6. The van der Waals surface area contributed by atoms with Crippen molar-refractivity contribution in [2.45, 2.75) is 38.1 Å². The van der Waals surface area contributed by atoms with Crippen LogP contribution in [0.25, 0.3) is 6.08 Å². The minimum atomic E-state index is -0.930. The molecule has 0 unspecified atom stereocenters. The number of hydrogen-bond acceptors (Lipinski definition) is 2. The third-order valence-corrected chi connectivity index (χ3v) is 4.61. The molecule has 1 aromatic carbocycles. The van der Waals surface area contributed by atoms with Gasteiger partial charge in [0.1, 0.15) is 0 Å². The number of carbonyl (C=O) groups is 1. The first kappa shape index (κ1) is 15.1. The number of benzene rings is 1. The lowest BCUT2D eigenvalue weighted by Gasteiger charge is -2.33. The minimum Gasteiger partial charge on any atom is -0.478 e. The maximum absolute atomic E-state index is 10.6. The van der Waals surface area contributed by atoms with Crippen LogP contribution in [-0.2, 0) is 4.79 Å². The molecule has 4 heteroatoms. The van der Waals surface area contributed by atoms with Gasteiger partial charge in [0.2, 0.25) is 0 Å². The van der Waals surface area contributed by atoms with Crippen LogP contribution in [0.1, 0.15) is 37.7 Å². The Balaban J connectivity index is 2.13. The fraction of sp³-hybridized carbons (Fsp3) is 0.438. The number of carboxylic acid groups (broad SMARTS) is 1. The van der Waals surface area contributed by atoms with Gasteiger partial charge in [-0.25, -0.2) is 4.79 Å². The molecule has 1 aliphatic rings. The lowest BCUT2D eigenvalue weighted by molar-refractivity contribution is -0.131. The molecule has 0 atom stereocenters. The number of halogens is 1. The quantitative estimate of drug-likeness (QED) is 0.832. The number of hydrogen-bond donors (Lipinski definition) is 1. The van der Waals surface area contributed by atoms with Gasteiger partial charge >= 0.3 is 5.97 Å². The van der Waals surface area contributed by atoms with E-state index in [1.54, 1.807) is 6.08 Å². The summed E-state index contributed by atoms with van der Waals surface area (Å²) in [4.78, 5) is 12.9. The molecule has 20 heavy (non-hydrogen) atoms. The largest absolute Gasteiger partial charge is 0.478 e. The van der Waals surface area contributed by atoms with Crippen molar-refractivity contribution >= 4 is 33.7 Å². The molecule has 0 heterocycles. The van der Waals surface area contributed by atoms with Crippen molar-refractivity contribution in [3.05, 3.63) is 34.3 Å².